The standard InChI is InChI=1S/C16H15BrN2O4S/c1-3-23-15(21)12-9-24-16(18-12)19-14(20)7-4-10-8-11(17)5-6-13(10)22-2/h4-9H,3H2,1-2H3,(H,18,19,20)/b7-4+. The summed E-state index contributed by atoms with van der Waals surface area (Å²) in [6.07, 6.45) is 3.01. The van der Waals surface area contributed by atoms with Gasteiger partial charge >= 0.3 is 5.97 Å². The molecule has 1 N–H and O–H groups in total. The Morgan fingerprint density at radius 1 is 1.42 bits per heavy atom. The van der Waals surface area contributed by atoms with Crippen LogP contribution in [0.3, 0.4) is 0 Å². The van der Waals surface area contributed by atoms with Crippen molar-refractivity contribution in [3.8, 4) is 5.75 Å². The molecule has 0 radical (unpaired) electrons. The molecule has 1 aromatic heterocycles. The lowest BCUT2D eigenvalue weighted by Gasteiger charge is -2.04. The monoisotopic (exact) mass is 410 g/mol. The summed E-state index contributed by atoms with van der Waals surface area (Å²) in [6.45, 7) is 1.99. The van der Waals surface area contributed by atoms with Crippen LogP contribution >= 0.6 is 27.3 Å². The first-order valence-electron chi connectivity index (χ1n) is 6.98. The highest BCUT2D eigenvalue weighted by Gasteiger charge is 2.12. The maximum Gasteiger partial charge on any atom is 0.357 e. The second-order valence-electron chi connectivity index (χ2n) is 4.47. The Bertz CT molecular complexity index is 773. The average molecular weight is 411 g/mol. The molecule has 8 heteroatoms. The number of thiazole rings is 1. The molecule has 24 heavy (non-hydrogen) atoms. The number of nitrogens with one attached hydrogen (secondary N) is 1. The van der Waals surface area contributed by atoms with E-state index in [2.05, 4.69) is 26.2 Å². The van der Waals surface area contributed by atoms with Crippen molar-refractivity contribution in [3.63, 3.8) is 0 Å². The number of carbonyl (C=O) groups excluding carboxylic acids is 2. The molecular weight excluding hydrogens is 396 g/mol. The maximum absolute atomic E-state index is 12.0. The van der Waals surface area contributed by atoms with E-state index < -0.39 is 5.97 Å². The molecule has 0 saturated heterocycles. The first kappa shape index (κ1) is 18.2. The third-order valence-electron chi connectivity index (χ3n) is 2.82. The van der Waals surface area contributed by atoms with Crippen molar-refractivity contribution in [2.45, 2.75) is 6.92 Å². The summed E-state index contributed by atoms with van der Waals surface area (Å²) >= 11 is 4.53. The van der Waals surface area contributed by atoms with Crippen LogP contribution in [0.1, 0.15) is 23.0 Å². The molecule has 0 aliphatic carbocycles. The summed E-state index contributed by atoms with van der Waals surface area (Å²) in [5.41, 5.74) is 0.933. The number of rotatable bonds is 6. The van der Waals surface area contributed by atoms with Gasteiger partial charge in [0.15, 0.2) is 10.8 Å². The summed E-state index contributed by atoms with van der Waals surface area (Å²) in [7, 11) is 1.56. The zero-order chi connectivity index (χ0) is 17.5. The lowest BCUT2D eigenvalue weighted by molar-refractivity contribution is -0.111. The van der Waals surface area contributed by atoms with Gasteiger partial charge in [0.05, 0.1) is 13.7 Å². The number of aromatic nitrogens is 1. The third-order valence-corrected chi connectivity index (χ3v) is 4.08. The minimum Gasteiger partial charge on any atom is -0.496 e. The first-order valence-corrected chi connectivity index (χ1v) is 8.66. The molecule has 2 rings (SSSR count). The molecule has 1 amide bonds. The number of amides is 1. The average Bonchev–Trinajstić information content (AvgIpc) is 3.02. The number of hydrogen-bond acceptors (Lipinski definition) is 6. The molecule has 1 aromatic carbocycles. The molecule has 0 aliphatic heterocycles. The fraction of sp³-hybridized carbons (Fsp3) is 0.188. The van der Waals surface area contributed by atoms with Gasteiger partial charge in [-0.2, -0.15) is 0 Å². The predicted octanol–water partition coefficient (Wildman–Crippen LogP) is 3.74. The SMILES string of the molecule is CCOC(=O)c1csc(NC(=O)/C=C/c2cc(Br)ccc2OC)n1. The Labute approximate surface area is 151 Å². The Hall–Kier alpha value is -2.19. The summed E-state index contributed by atoms with van der Waals surface area (Å²) in [6, 6.07) is 5.49. The molecule has 0 aliphatic rings. The molecule has 6 nitrogen and oxygen atoms in total. The van der Waals surface area contributed by atoms with Gasteiger partial charge in [0.1, 0.15) is 5.75 Å². The summed E-state index contributed by atoms with van der Waals surface area (Å²) < 4.78 is 11.0. The van der Waals surface area contributed by atoms with Crippen LogP contribution in [-0.2, 0) is 9.53 Å². The Morgan fingerprint density at radius 2 is 2.21 bits per heavy atom. The Kier molecular flexibility index (Phi) is 6.51. The van der Waals surface area contributed by atoms with Crippen molar-refractivity contribution in [1.29, 1.82) is 0 Å². The zero-order valence-electron chi connectivity index (χ0n) is 13.0. The normalized spacial score (nSPS) is 10.6. The lowest BCUT2D eigenvalue weighted by Crippen LogP contribution is -2.09. The number of anilines is 1. The lowest BCUT2D eigenvalue weighted by atomic mass is 10.2. The number of ether oxygens (including phenoxy) is 2. The van der Waals surface area contributed by atoms with Crippen molar-refractivity contribution in [2.75, 3.05) is 19.0 Å². The predicted molar refractivity (Wildman–Crippen MR) is 96.4 cm³/mol. The van der Waals surface area contributed by atoms with Gasteiger partial charge in [0, 0.05) is 21.5 Å². The van der Waals surface area contributed by atoms with Crippen molar-refractivity contribution < 1.29 is 19.1 Å². The van der Waals surface area contributed by atoms with Crippen LogP contribution in [0.25, 0.3) is 6.08 Å². The smallest absolute Gasteiger partial charge is 0.357 e. The fourth-order valence-electron chi connectivity index (χ4n) is 1.78. The van der Waals surface area contributed by atoms with Gasteiger partial charge in [0.25, 0.3) is 0 Å². The molecule has 0 unspecified atom stereocenters. The van der Waals surface area contributed by atoms with E-state index in [1.807, 2.05) is 12.1 Å². The van der Waals surface area contributed by atoms with Crippen molar-refractivity contribution in [1.82, 2.24) is 4.98 Å². The third kappa shape index (κ3) is 4.90. The molecular formula is C16H15BrN2O4S. The van der Waals surface area contributed by atoms with E-state index in [0.717, 1.165) is 21.4 Å². The quantitative estimate of drug-likeness (QED) is 0.579. The van der Waals surface area contributed by atoms with Gasteiger partial charge in [-0.15, -0.1) is 11.3 Å². The van der Waals surface area contributed by atoms with E-state index in [0.29, 0.717) is 10.9 Å². The van der Waals surface area contributed by atoms with E-state index in [1.165, 1.54) is 11.5 Å². The number of esters is 1. The van der Waals surface area contributed by atoms with E-state index in [-0.39, 0.29) is 18.2 Å². The van der Waals surface area contributed by atoms with Crippen molar-refractivity contribution >= 4 is 50.4 Å². The maximum atomic E-state index is 12.0. The van der Waals surface area contributed by atoms with Crippen LogP contribution in [-0.4, -0.2) is 30.6 Å². The number of benzene rings is 1. The molecule has 0 saturated carbocycles. The van der Waals surface area contributed by atoms with Gasteiger partial charge in [0.2, 0.25) is 5.91 Å². The molecule has 0 atom stereocenters. The number of carbonyl (C=O) groups is 2. The number of nitrogens with zero attached hydrogens (tertiary/aromatic N) is 1. The number of methoxy groups -OCH3 is 1. The van der Waals surface area contributed by atoms with E-state index in [9.17, 15) is 9.59 Å². The molecule has 126 valence electrons. The van der Waals surface area contributed by atoms with Gasteiger partial charge < -0.3 is 9.47 Å². The summed E-state index contributed by atoms with van der Waals surface area (Å²) in [5, 5.41) is 4.47. The second-order valence-corrected chi connectivity index (χ2v) is 6.24. The van der Waals surface area contributed by atoms with Gasteiger partial charge in [-0.3, -0.25) is 10.1 Å². The first-order chi connectivity index (χ1) is 11.5. The van der Waals surface area contributed by atoms with Crippen LogP contribution < -0.4 is 10.1 Å². The fourth-order valence-corrected chi connectivity index (χ4v) is 2.84. The number of halogens is 1. The zero-order valence-corrected chi connectivity index (χ0v) is 15.4. The molecule has 0 bridgehead atoms. The summed E-state index contributed by atoms with van der Waals surface area (Å²) in [4.78, 5) is 27.5. The van der Waals surface area contributed by atoms with E-state index in [1.54, 1.807) is 26.2 Å². The number of hydrogen-bond donors (Lipinski definition) is 1. The minimum atomic E-state index is -0.510. The molecule has 2 aromatic rings. The van der Waals surface area contributed by atoms with Gasteiger partial charge in [-0.05, 0) is 31.2 Å². The van der Waals surface area contributed by atoms with Crippen LogP contribution in [0, 0.1) is 0 Å². The molecule has 0 spiro atoms. The molecule has 1 heterocycles. The van der Waals surface area contributed by atoms with E-state index in [4.69, 9.17) is 9.47 Å². The minimum absolute atomic E-state index is 0.176. The van der Waals surface area contributed by atoms with E-state index >= 15 is 0 Å². The molecule has 0 fully saturated rings. The van der Waals surface area contributed by atoms with Crippen molar-refractivity contribution in [2.24, 2.45) is 0 Å². The van der Waals surface area contributed by atoms with Gasteiger partial charge in [-0.25, -0.2) is 9.78 Å². The second kappa shape index (κ2) is 8.60. The summed E-state index contributed by atoms with van der Waals surface area (Å²) in [5.74, 6) is -0.216. The Morgan fingerprint density at radius 3 is 2.92 bits per heavy atom. The highest BCUT2D eigenvalue weighted by Crippen LogP contribution is 2.24. The topological polar surface area (TPSA) is 77.5 Å². The van der Waals surface area contributed by atoms with Crippen molar-refractivity contribution in [3.05, 3.63) is 45.4 Å². The largest absolute Gasteiger partial charge is 0.496 e. The van der Waals surface area contributed by atoms with Crippen LogP contribution in [0.5, 0.6) is 5.75 Å². The highest BCUT2D eigenvalue weighted by molar-refractivity contribution is 9.10. The van der Waals surface area contributed by atoms with Crippen LogP contribution in [0.4, 0.5) is 5.13 Å². The Balaban J connectivity index is 2.03. The van der Waals surface area contributed by atoms with Crippen LogP contribution in [0.15, 0.2) is 34.1 Å². The highest BCUT2D eigenvalue weighted by atomic mass is 79.9. The van der Waals surface area contributed by atoms with Crippen LogP contribution in [0.2, 0.25) is 0 Å². The van der Waals surface area contributed by atoms with Gasteiger partial charge in [-0.1, -0.05) is 15.9 Å².